The number of hydrogen-bond donors (Lipinski definition) is 1. The van der Waals surface area contributed by atoms with Crippen LogP contribution in [0.4, 0.5) is 0 Å². The van der Waals surface area contributed by atoms with E-state index in [0.29, 0.717) is 5.75 Å². The van der Waals surface area contributed by atoms with E-state index in [-0.39, 0.29) is 19.0 Å². The molecule has 0 amide bonds. The van der Waals surface area contributed by atoms with Crippen LogP contribution in [0.25, 0.3) is 11.1 Å². The van der Waals surface area contributed by atoms with Crippen molar-refractivity contribution in [2.75, 3.05) is 13.7 Å². The number of rotatable bonds is 5. The van der Waals surface area contributed by atoms with Gasteiger partial charge in [0, 0.05) is 5.56 Å². The highest BCUT2D eigenvalue weighted by atomic mass is 35.5. The molecule has 0 saturated carbocycles. The molecule has 3 N–H and O–H groups in total. The number of quaternary nitrogens is 1. The number of carbonyl (C=O) groups excluding carboxylic acids is 1. The zero-order valence-electron chi connectivity index (χ0n) is 11.8. The van der Waals surface area contributed by atoms with Crippen LogP contribution in [0.3, 0.4) is 0 Å². The summed E-state index contributed by atoms with van der Waals surface area (Å²) in [5.41, 5.74) is 7.32. The predicted molar refractivity (Wildman–Crippen MR) is 76.0 cm³/mol. The molecule has 21 heavy (non-hydrogen) atoms. The first-order valence-corrected chi connectivity index (χ1v) is 6.41. The van der Waals surface area contributed by atoms with Crippen molar-refractivity contribution < 1.29 is 32.4 Å². The van der Waals surface area contributed by atoms with E-state index in [2.05, 4.69) is 34.7 Å². The highest BCUT2D eigenvalue weighted by Crippen LogP contribution is 2.22. The normalized spacial score (nSPS) is 9.62. The third-order valence-electron chi connectivity index (χ3n) is 3.01. The first-order chi connectivity index (χ1) is 9.72. The number of carbonyl (C=O) groups is 1. The topological polar surface area (TPSA) is 63.2 Å². The minimum atomic E-state index is -0.391. The van der Waals surface area contributed by atoms with Crippen molar-refractivity contribution in [2.24, 2.45) is 0 Å². The van der Waals surface area contributed by atoms with Crippen molar-refractivity contribution in [3.05, 3.63) is 54.1 Å². The lowest BCUT2D eigenvalue weighted by Gasteiger charge is -2.06. The maximum Gasteiger partial charge on any atom is 0.343 e. The second kappa shape index (κ2) is 8.29. The van der Waals surface area contributed by atoms with Crippen LogP contribution in [-0.4, -0.2) is 19.7 Å². The molecule has 0 atom stereocenters. The number of benzene rings is 2. The third-order valence-corrected chi connectivity index (χ3v) is 3.01. The molecule has 5 heteroatoms. The van der Waals surface area contributed by atoms with E-state index >= 15 is 0 Å². The summed E-state index contributed by atoms with van der Waals surface area (Å²) in [6.07, 6.45) is 0. The van der Waals surface area contributed by atoms with Gasteiger partial charge in [0.2, 0.25) is 0 Å². The summed E-state index contributed by atoms with van der Waals surface area (Å²) in [5.74, 6) is 0.256. The fraction of sp³-hybridized carbons (Fsp3) is 0.188. The Morgan fingerprint density at radius 3 is 2.00 bits per heavy atom. The lowest BCUT2D eigenvalue weighted by atomic mass is 10.0. The Hall–Kier alpha value is -2.04. The zero-order valence-corrected chi connectivity index (χ0v) is 12.6. The molecule has 0 aliphatic carbocycles. The molecule has 2 aromatic carbocycles. The predicted octanol–water partition coefficient (Wildman–Crippen LogP) is -1.35. The largest absolute Gasteiger partial charge is 1.00 e. The molecule has 0 heterocycles. The second-order valence-electron chi connectivity index (χ2n) is 4.34. The van der Waals surface area contributed by atoms with Gasteiger partial charge < -0.3 is 27.6 Å². The smallest absolute Gasteiger partial charge is 0.343 e. The molecule has 0 spiro atoms. The molecular formula is C16H18ClNO3. The quantitative estimate of drug-likeness (QED) is 0.695. The molecule has 4 nitrogen and oxygen atoms in total. The average Bonchev–Trinajstić information content (AvgIpc) is 2.53. The minimum absolute atomic E-state index is 0. The van der Waals surface area contributed by atoms with Gasteiger partial charge in [-0.3, -0.25) is 0 Å². The van der Waals surface area contributed by atoms with Crippen molar-refractivity contribution >= 4 is 5.97 Å². The first kappa shape index (κ1) is 17.0. The molecule has 0 aromatic heterocycles. The standard InChI is InChI=1S/C16H17NO3.ClH/c1-19-16(18)11-20-15-8-6-14(7-9-15)13-4-2-12(10-17)3-5-13;/h2-9H,10-11,17H2,1H3;1H. The van der Waals surface area contributed by atoms with Gasteiger partial charge in [-0.15, -0.1) is 0 Å². The van der Waals surface area contributed by atoms with Gasteiger partial charge in [0.25, 0.3) is 0 Å². The van der Waals surface area contributed by atoms with E-state index < -0.39 is 5.97 Å². The summed E-state index contributed by atoms with van der Waals surface area (Å²) < 4.78 is 9.82. The number of ether oxygens (including phenoxy) is 2. The highest BCUT2D eigenvalue weighted by molar-refractivity contribution is 5.71. The second-order valence-corrected chi connectivity index (χ2v) is 4.34. The molecule has 0 bridgehead atoms. The van der Waals surface area contributed by atoms with E-state index in [0.717, 1.165) is 17.7 Å². The van der Waals surface area contributed by atoms with Crippen LogP contribution in [0, 0.1) is 0 Å². The Labute approximate surface area is 130 Å². The lowest BCUT2D eigenvalue weighted by molar-refractivity contribution is -0.386. The van der Waals surface area contributed by atoms with Gasteiger partial charge in [-0.1, -0.05) is 36.4 Å². The van der Waals surface area contributed by atoms with Crippen molar-refractivity contribution in [1.29, 1.82) is 0 Å². The Balaban J connectivity index is 0.00000220. The third kappa shape index (κ3) is 4.77. The Kier molecular flexibility index (Phi) is 6.72. The summed E-state index contributed by atoms with van der Waals surface area (Å²) in [4.78, 5) is 11.0. The van der Waals surface area contributed by atoms with Crippen LogP contribution in [0.1, 0.15) is 5.56 Å². The van der Waals surface area contributed by atoms with Gasteiger partial charge in [0.1, 0.15) is 5.75 Å². The SMILES string of the molecule is COC(=O)COc1ccc(-c2ccc(C[NH3+])cc2)cc1.[Cl-]. The van der Waals surface area contributed by atoms with Crippen LogP contribution in [0.15, 0.2) is 48.5 Å². The zero-order chi connectivity index (χ0) is 14.4. The highest BCUT2D eigenvalue weighted by Gasteiger charge is 2.03. The van der Waals surface area contributed by atoms with Crippen LogP contribution >= 0.6 is 0 Å². The van der Waals surface area contributed by atoms with Gasteiger partial charge in [-0.25, -0.2) is 4.79 Å². The summed E-state index contributed by atoms with van der Waals surface area (Å²) >= 11 is 0. The lowest BCUT2D eigenvalue weighted by Crippen LogP contribution is -3.00. The van der Waals surface area contributed by atoms with Gasteiger partial charge in [-0.2, -0.15) is 0 Å². The van der Waals surface area contributed by atoms with E-state index in [1.165, 1.54) is 12.7 Å². The first-order valence-electron chi connectivity index (χ1n) is 6.41. The van der Waals surface area contributed by atoms with Crippen LogP contribution < -0.4 is 22.9 Å². The Bertz CT molecular complexity index is 567. The molecule has 0 aliphatic rings. The number of halogens is 1. The maximum absolute atomic E-state index is 11.0. The minimum Gasteiger partial charge on any atom is -1.00 e. The molecule has 112 valence electrons. The number of methoxy groups -OCH3 is 1. The van der Waals surface area contributed by atoms with Crippen molar-refractivity contribution in [1.82, 2.24) is 0 Å². The van der Waals surface area contributed by atoms with Gasteiger partial charge in [-0.05, 0) is 23.3 Å². The number of esters is 1. The van der Waals surface area contributed by atoms with Gasteiger partial charge >= 0.3 is 5.97 Å². The van der Waals surface area contributed by atoms with Gasteiger partial charge in [0.05, 0.1) is 13.7 Å². The molecular weight excluding hydrogens is 290 g/mol. The monoisotopic (exact) mass is 307 g/mol. The summed E-state index contributed by atoms with van der Waals surface area (Å²) in [6, 6.07) is 15.9. The molecule has 2 aromatic rings. The molecule has 0 radical (unpaired) electrons. The summed E-state index contributed by atoms with van der Waals surface area (Å²) in [7, 11) is 1.34. The summed E-state index contributed by atoms with van der Waals surface area (Å²) in [5, 5.41) is 0. The van der Waals surface area contributed by atoms with E-state index in [1.807, 2.05) is 24.3 Å². The fourth-order valence-corrected chi connectivity index (χ4v) is 1.81. The fourth-order valence-electron chi connectivity index (χ4n) is 1.81. The van der Waals surface area contributed by atoms with Crippen LogP contribution in [0.5, 0.6) is 5.75 Å². The molecule has 2 rings (SSSR count). The Morgan fingerprint density at radius 2 is 1.52 bits per heavy atom. The van der Waals surface area contributed by atoms with Crippen molar-refractivity contribution in [3.63, 3.8) is 0 Å². The Morgan fingerprint density at radius 1 is 1.00 bits per heavy atom. The van der Waals surface area contributed by atoms with Crippen molar-refractivity contribution in [2.45, 2.75) is 6.54 Å². The molecule has 0 fully saturated rings. The van der Waals surface area contributed by atoms with Crippen molar-refractivity contribution in [3.8, 4) is 16.9 Å². The molecule has 0 aliphatic heterocycles. The summed E-state index contributed by atoms with van der Waals surface area (Å²) in [6.45, 7) is 0.717. The number of hydrogen-bond acceptors (Lipinski definition) is 3. The van der Waals surface area contributed by atoms with E-state index in [1.54, 1.807) is 0 Å². The van der Waals surface area contributed by atoms with E-state index in [9.17, 15) is 4.79 Å². The maximum atomic E-state index is 11.0. The van der Waals surface area contributed by atoms with Crippen LogP contribution in [0.2, 0.25) is 0 Å². The van der Waals surface area contributed by atoms with Crippen LogP contribution in [-0.2, 0) is 16.1 Å². The molecule has 0 saturated heterocycles. The van der Waals surface area contributed by atoms with Gasteiger partial charge in [0.15, 0.2) is 6.61 Å². The molecule has 0 unspecified atom stereocenters. The van der Waals surface area contributed by atoms with E-state index in [4.69, 9.17) is 4.74 Å². The average molecular weight is 308 g/mol.